The number of nitrogens with zero attached hydrogens (tertiary/aromatic N) is 1. The molecule has 0 saturated carbocycles. The molecule has 1 fully saturated rings. The summed E-state index contributed by atoms with van der Waals surface area (Å²) < 4.78 is 10.9. The van der Waals surface area contributed by atoms with Crippen LogP contribution in [-0.4, -0.2) is 36.3 Å². The van der Waals surface area contributed by atoms with E-state index in [1.165, 1.54) is 0 Å². The molecule has 1 saturated heterocycles. The summed E-state index contributed by atoms with van der Waals surface area (Å²) in [6.07, 6.45) is 0. The minimum Gasteiger partial charge on any atom is -0.507 e. The molecule has 128 valence electrons. The van der Waals surface area contributed by atoms with E-state index in [-0.39, 0.29) is 17.4 Å². The number of para-hydroxylation sites is 1. The summed E-state index contributed by atoms with van der Waals surface area (Å²) in [4.78, 5) is 14.9. The molecule has 5 heteroatoms. The summed E-state index contributed by atoms with van der Waals surface area (Å²) in [6.45, 7) is 2.57. The van der Waals surface area contributed by atoms with E-state index in [4.69, 9.17) is 9.15 Å². The Morgan fingerprint density at radius 3 is 2.40 bits per heavy atom. The van der Waals surface area contributed by atoms with Crippen LogP contribution < -0.4 is 5.63 Å². The van der Waals surface area contributed by atoms with Gasteiger partial charge in [-0.25, -0.2) is 4.79 Å². The maximum absolute atomic E-state index is 12.7. The highest BCUT2D eigenvalue weighted by Gasteiger charge is 2.30. The topological polar surface area (TPSA) is 62.9 Å². The average molecular weight is 337 g/mol. The van der Waals surface area contributed by atoms with Gasteiger partial charge in [-0.15, -0.1) is 0 Å². The normalized spacial score (nSPS) is 16.8. The van der Waals surface area contributed by atoms with Crippen LogP contribution in [0.1, 0.15) is 17.2 Å². The molecule has 5 nitrogen and oxygen atoms in total. The molecule has 1 N–H and O–H groups in total. The van der Waals surface area contributed by atoms with Gasteiger partial charge in [-0.1, -0.05) is 42.5 Å². The Balaban J connectivity index is 1.93. The molecule has 0 amide bonds. The van der Waals surface area contributed by atoms with Crippen molar-refractivity contribution >= 4 is 11.0 Å². The number of rotatable bonds is 3. The fourth-order valence-electron chi connectivity index (χ4n) is 3.42. The predicted octanol–water partition coefficient (Wildman–Crippen LogP) is 2.92. The highest BCUT2D eigenvalue weighted by atomic mass is 16.5. The van der Waals surface area contributed by atoms with Crippen LogP contribution in [0.2, 0.25) is 0 Å². The lowest BCUT2D eigenvalue weighted by molar-refractivity contribution is 0.0230. The lowest BCUT2D eigenvalue weighted by Crippen LogP contribution is -2.41. The minimum absolute atomic E-state index is 0.00723. The molecule has 0 bridgehead atoms. The van der Waals surface area contributed by atoms with Crippen LogP contribution in [0.5, 0.6) is 5.75 Å². The molecule has 0 radical (unpaired) electrons. The van der Waals surface area contributed by atoms with E-state index in [0.717, 1.165) is 5.56 Å². The van der Waals surface area contributed by atoms with Crippen molar-refractivity contribution in [2.24, 2.45) is 0 Å². The Bertz CT molecular complexity index is 929. The van der Waals surface area contributed by atoms with Gasteiger partial charge in [-0.2, -0.15) is 0 Å². The number of ether oxygens (including phenoxy) is 1. The van der Waals surface area contributed by atoms with Gasteiger partial charge in [0, 0.05) is 13.1 Å². The zero-order chi connectivity index (χ0) is 17.2. The number of morpholine rings is 1. The van der Waals surface area contributed by atoms with Crippen molar-refractivity contribution in [3.8, 4) is 5.75 Å². The molecule has 4 rings (SSSR count). The third-order valence-electron chi connectivity index (χ3n) is 4.62. The fourth-order valence-corrected chi connectivity index (χ4v) is 3.42. The third-order valence-corrected chi connectivity index (χ3v) is 4.62. The van der Waals surface area contributed by atoms with Gasteiger partial charge in [0.05, 0.1) is 24.6 Å². The summed E-state index contributed by atoms with van der Waals surface area (Å²) >= 11 is 0. The van der Waals surface area contributed by atoms with E-state index >= 15 is 0 Å². The predicted molar refractivity (Wildman–Crippen MR) is 94.8 cm³/mol. The molecule has 1 unspecified atom stereocenters. The Labute approximate surface area is 145 Å². The van der Waals surface area contributed by atoms with E-state index in [2.05, 4.69) is 4.90 Å². The highest BCUT2D eigenvalue weighted by Crippen LogP contribution is 2.36. The summed E-state index contributed by atoms with van der Waals surface area (Å²) in [5.74, 6) is -0.00723. The Hall–Kier alpha value is -2.63. The molecule has 3 aromatic rings. The molecule has 25 heavy (non-hydrogen) atoms. The van der Waals surface area contributed by atoms with Gasteiger partial charge in [0.25, 0.3) is 0 Å². The van der Waals surface area contributed by atoms with Crippen molar-refractivity contribution in [1.29, 1.82) is 0 Å². The molecule has 1 atom stereocenters. The van der Waals surface area contributed by atoms with E-state index in [9.17, 15) is 9.90 Å². The first kappa shape index (κ1) is 15.9. The zero-order valence-corrected chi connectivity index (χ0v) is 13.7. The number of hydrogen-bond donors (Lipinski definition) is 1. The van der Waals surface area contributed by atoms with Crippen LogP contribution in [0.25, 0.3) is 11.0 Å². The second kappa shape index (κ2) is 6.70. The molecule has 0 aliphatic carbocycles. The summed E-state index contributed by atoms with van der Waals surface area (Å²) in [5.41, 5.74) is 1.12. The third kappa shape index (κ3) is 2.92. The van der Waals surface area contributed by atoms with E-state index in [1.54, 1.807) is 18.2 Å². The molecule has 1 aliphatic rings. The van der Waals surface area contributed by atoms with Crippen molar-refractivity contribution in [2.75, 3.05) is 26.3 Å². The van der Waals surface area contributed by atoms with Gasteiger partial charge < -0.3 is 14.3 Å². The Kier molecular flexibility index (Phi) is 4.26. The van der Waals surface area contributed by atoms with Gasteiger partial charge in [0.1, 0.15) is 16.9 Å². The second-order valence-electron chi connectivity index (χ2n) is 6.11. The minimum atomic E-state index is -0.503. The van der Waals surface area contributed by atoms with Crippen LogP contribution in [0.15, 0.2) is 63.8 Å². The smallest absolute Gasteiger partial charge is 0.345 e. The number of fused-ring (bicyclic) bond motifs is 1. The quantitative estimate of drug-likeness (QED) is 0.745. The van der Waals surface area contributed by atoms with Crippen molar-refractivity contribution < 1.29 is 14.3 Å². The summed E-state index contributed by atoms with van der Waals surface area (Å²) in [6, 6.07) is 16.4. The largest absolute Gasteiger partial charge is 0.507 e. The first-order valence-electron chi connectivity index (χ1n) is 8.37. The van der Waals surface area contributed by atoms with Crippen LogP contribution in [0.3, 0.4) is 0 Å². The first-order chi connectivity index (χ1) is 12.3. The van der Waals surface area contributed by atoms with E-state index in [1.807, 2.05) is 36.4 Å². The van der Waals surface area contributed by atoms with Crippen LogP contribution in [0, 0.1) is 0 Å². The maximum atomic E-state index is 12.7. The van der Waals surface area contributed by atoms with Gasteiger partial charge >= 0.3 is 5.63 Å². The van der Waals surface area contributed by atoms with Gasteiger partial charge in [0.15, 0.2) is 0 Å². The Morgan fingerprint density at radius 1 is 0.960 bits per heavy atom. The zero-order valence-electron chi connectivity index (χ0n) is 13.7. The molecule has 2 aromatic carbocycles. The van der Waals surface area contributed by atoms with Crippen molar-refractivity contribution in [3.63, 3.8) is 0 Å². The molecular weight excluding hydrogens is 318 g/mol. The molecular formula is C20H19NO4. The molecule has 1 aromatic heterocycles. The first-order valence-corrected chi connectivity index (χ1v) is 8.37. The van der Waals surface area contributed by atoms with Crippen LogP contribution in [0.4, 0.5) is 0 Å². The standard InChI is InChI=1S/C20H19NO4/c22-19-15-8-4-5-9-16(15)25-20(23)17(19)18(14-6-2-1-3-7-14)21-10-12-24-13-11-21/h1-9,18,22H,10-13H2. The van der Waals surface area contributed by atoms with E-state index < -0.39 is 5.63 Å². The summed E-state index contributed by atoms with van der Waals surface area (Å²) in [5, 5.41) is 11.4. The molecule has 1 aliphatic heterocycles. The van der Waals surface area contributed by atoms with Gasteiger partial charge in [0.2, 0.25) is 0 Å². The van der Waals surface area contributed by atoms with Crippen molar-refractivity contribution in [3.05, 3.63) is 76.1 Å². The van der Waals surface area contributed by atoms with Crippen LogP contribution in [-0.2, 0) is 4.74 Å². The van der Waals surface area contributed by atoms with Crippen molar-refractivity contribution in [2.45, 2.75) is 6.04 Å². The second-order valence-corrected chi connectivity index (χ2v) is 6.11. The Morgan fingerprint density at radius 2 is 1.64 bits per heavy atom. The lowest BCUT2D eigenvalue weighted by Gasteiger charge is -2.34. The van der Waals surface area contributed by atoms with E-state index in [0.29, 0.717) is 37.3 Å². The van der Waals surface area contributed by atoms with Gasteiger partial charge in [-0.05, 0) is 17.7 Å². The molecule has 0 spiro atoms. The fraction of sp³-hybridized carbons (Fsp3) is 0.250. The highest BCUT2D eigenvalue weighted by molar-refractivity contribution is 5.84. The van der Waals surface area contributed by atoms with Crippen LogP contribution >= 0.6 is 0 Å². The molecule has 2 heterocycles. The summed E-state index contributed by atoms with van der Waals surface area (Å²) in [7, 11) is 0. The number of hydrogen-bond acceptors (Lipinski definition) is 5. The van der Waals surface area contributed by atoms with Gasteiger partial charge in [-0.3, -0.25) is 4.90 Å². The maximum Gasteiger partial charge on any atom is 0.345 e. The van der Waals surface area contributed by atoms with Crippen molar-refractivity contribution in [1.82, 2.24) is 4.90 Å². The number of benzene rings is 2. The monoisotopic (exact) mass is 337 g/mol. The average Bonchev–Trinajstić information content (AvgIpc) is 2.66. The SMILES string of the molecule is O=c1oc2ccccc2c(O)c1C(c1ccccc1)N1CCOCC1. The number of aromatic hydroxyl groups is 1. The lowest BCUT2D eigenvalue weighted by atomic mass is 9.96.